The summed E-state index contributed by atoms with van der Waals surface area (Å²) in [4.78, 5) is 4.53. The van der Waals surface area contributed by atoms with Crippen LogP contribution in [-0.4, -0.2) is 24.9 Å². The van der Waals surface area contributed by atoms with Crippen molar-refractivity contribution in [3.63, 3.8) is 0 Å². The van der Waals surface area contributed by atoms with E-state index in [-0.39, 0.29) is 6.10 Å². The Labute approximate surface area is 49.6 Å². The van der Waals surface area contributed by atoms with Gasteiger partial charge in [0.15, 0.2) is 0 Å². The minimum absolute atomic E-state index is 0.238. The zero-order chi connectivity index (χ0) is 6.41. The predicted octanol–water partition coefficient (Wildman–Crippen LogP) is -0.0917. The first-order chi connectivity index (χ1) is 3.77. The first-order valence-corrected chi connectivity index (χ1v) is 2.71. The summed E-state index contributed by atoms with van der Waals surface area (Å²) in [7, 11) is 1.56. The van der Waals surface area contributed by atoms with Gasteiger partial charge in [0.05, 0.1) is 13.2 Å². The van der Waals surface area contributed by atoms with Crippen LogP contribution in [0.25, 0.3) is 0 Å². The number of hydrogen-bond acceptors (Lipinski definition) is 3. The van der Waals surface area contributed by atoms with Crippen molar-refractivity contribution in [2.24, 2.45) is 0 Å². The molecule has 0 aliphatic carbocycles. The lowest BCUT2D eigenvalue weighted by Gasteiger charge is -2.02. The average Bonchev–Trinajstić information content (AvgIpc) is 1.66. The van der Waals surface area contributed by atoms with Crippen molar-refractivity contribution in [2.45, 2.75) is 19.4 Å². The number of nitrogens with one attached hydrogen (secondary N) is 1. The van der Waals surface area contributed by atoms with Gasteiger partial charge in [0, 0.05) is 6.54 Å². The SMILES string of the molecule is CONCCC(C)O. The molecular formula is C5H13NO2. The Kier molecular flexibility index (Phi) is 4.95. The van der Waals surface area contributed by atoms with Crippen molar-refractivity contribution in [1.29, 1.82) is 0 Å². The summed E-state index contributed by atoms with van der Waals surface area (Å²) in [6.45, 7) is 2.45. The number of aliphatic hydroxyl groups is 1. The van der Waals surface area contributed by atoms with Crippen molar-refractivity contribution < 1.29 is 9.94 Å². The Bertz CT molecular complexity index is 47.7. The number of rotatable bonds is 4. The lowest BCUT2D eigenvalue weighted by molar-refractivity contribution is 0.0771. The molecule has 0 aliphatic rings. The molecule has 0 bridgehead atoms. The van der Waals surface area contributed by atoms with Gasteiger partial charge in [0.1, 0.15) is 0 Å². The topological polar surface area (TPSA) is 41.5 Å². The second kappa shape index (κ2) is 5.03. The molecule has 2 N–H and O–H groups in total. The highest BCUT2D eigenvalue weighted by Crippen LogP contribution is 1.84. The van der Waals surface area contributed by atoms with Gasteiger partial charge < -0.3 is 9.94 Å². The number of hydroxylamine groups is 1. The van der Waals surface area contributed by atoms with Crippen LogP contribution in [-0.2, 0) is 4.84 Å². The number of aliphatic hydroxyl groups excluding tert-OH is 1. The van der Waals surface area contributed by atoms with Gasteiger partial charge in [-0.05, 0) is 13.3 Å². The van der Waals surface area contributed by atoms with Gasteiger partial charge in [-0.1, -0.05) is 0 Å². The van der Waals surface area contributed by atoms with Gasteiger partial charge in [-0.2, -0.15) is 0 Å². The Morgan fingerprint density at radius 1 is 1.75 bits per heavy atom. The van der Waals surface area contributed by atoms with E-state index in [1.165, 1.54) is 0 Å². The van der Waals surface area contributed by atoms with Gasteiger partial charge in [-0.25, -0.2) is 5.48 Å². The van der Waals surface area contributed by atoms with Crippen LogP contribution in [0.1, 0.15) is 13.3 Å². The molecule has 3 nitrogen and oxygen atoms in total. The highest BCUT2D eigenvalue weighted by molar-refractivity contribution is 4.45. The second-order valence-corrected chi connectivity index (χ2v) is 1.74. The molecule has 0 fully saturated rings. The normalized spacial score (nSPS) is 13.9. The fraction of sp³-hybridized carbons (Fsp3) is 1.00. The van der Waals surface area contributed by atoms with Gasteiger partial charge in [0.2, 0.25) is 0 Å². The minimum atomic E-state index is -0.238. The zero-order valence-electron chi connectivity index (χ0n) is 5.35. The fourth-order valence-corrected chi connectivity index (χ4v) is 0.370. The maximum atomic E-state index is 8.68. The molecule has 3 heteroatoms. The van der Waals surface area contributed by atoms with E-state index < -0.39 is 0 Å². The van der Waals surface area contributed by atoms with Crippen molar-refractivity contribution in [3.8, 4) is 0 Å². The fourth-order valence-electron chi connectivity index (χ4n) is 0.370. The molecule has 1 atom stereocenters. The summed E-state index contributed by atoms with van der Waals surface area (Å²) < 4.78 is 0. The van der Waals surface area contributed by atoms with E-state index in [0.717, 1.165) is 6.42 Å². The van der Waals surface area contributed by atoms with Crippen LogP contribution >= 0.6 is 0 Å². The summed E-state index contributed by atoms with van der Waals surface area (Å²) in [5.41, 5.74) is 2.62. The Hall–Kier alpha value is -0.120. The summed E-state index contributed by atoms with van der Waals surface area (Å²) in [5.74, 6) is 0. The Balaban J connectivity index is 2.72. The molecule has 8 heavy (non-hydrogen) atoms. The Morgan fingerprint density at radius 3 is 2.75 bits per heavy atom. The van der Waals surface area contributed by atoms with Gasteiger partial charge >= 0.3 is 0 Å². The third-order valence-electron chi connectivity index (χ3n) is 0.809. The molecule has 0 aromatic carbocycles. The second-order valence-electron chi connectivity index (χ2n) is 1.74. The molecule has 0 aromatic heterocycles. The molecule has 0 aromatic rings. The molecule has 0 aliphatic heterocycles. The van der Waals surface area contributed by atoms with E-state index in [0.29, 0.717) is 6.54 Å². The lowest BCUT2D eigenvalue weighted by atomic mass is 10.3. The molecule has 0 spiro atoms. The highest BCUT2D eigenvalue weighted by atomic mass is 16.6. The molecule has 0 radical (unpaired) electrons. The molecule has 0 amide bonds. The number of hydrogen-bond donors (Lipinski definition) is 2. The maximum absolute atomic E-state index is 8.68. The summed E-state index contributed by atoms with van der Waals surface area (Å²) >= 11 is 0. The van der Waals surface area contributed by atoms with Crippen molar-refractivity contribution in [2.75, 3.05) is 13.7 Å². The first kappa shape index (κ1) is 7.88. The summed E-state index contributed by atoms with van der Waals surface area (Å²) in [6.07, 6.45) is 0.492. The van der Waals surface area contributed by atoms with E-state index in [2.05, 4.69) is 10.3 Å². The van der Waals surface area contributed by atoms with Crippen LogP contribution in [0, 0.1) is 0 Å². The molecular weight excluding hydrogens is 106 g/mol. The largest absolute Gasteiger partial charge is 0.393 e. The van der Waals surface area contributed by atoms with Gasteiger partial charge in [0.25, 0.3) is 0 Å². The molecule has 0 rings (SSSR count). The standard InChI is InChI=1S/C5H13NO2/c1-5(7)3-4-6-8-2/h5-7H,3-4H2,1-2H3. The first-order valence-electron chi connectivity index (χ1n) is 2.71. The molecule has 1 unspecified atom stereocenters. The predicted molar refractivity (Wildman–Crippen MR) is 31.3 cm³/mol. The van der Waals surface area contributed by atoms with E-state index in [1.54, 1.807) is 14.0 Å². The maximum Gasteiger partial charge on any atom is 0.0572 e. The third-order valence-corrected chi connectivity index (χ3v) is 0.809. The lowest BCUT2D eigenvalue weighted by Crippen LogP contribution is -2.17. The van der Waals surface area contributed by atoms with Crippen molar-refractivity contribution in [3.05, 3.63) is 0 Å². The molecule has 0 saturated heterocycles. The summed E-state index contributed by atoms with van der Waals surface area (Å²) in [6, 6.07) is 0. The summed E-state index contributed by atoms with van der Waals surface area (Å²) in [5, 5.41) is 8.68. The molecule has 50 valence electrons. The van der Waals surface area contributed by atoms with E-state index >= 15 is 0 Å². The minimum Gasteiger partial charge on any atom is -0.393 e. The smallest absolute Gasteiger partial charge is 0.0572 e. The van der Waals surface area contributed by atoms with Crippen LogP contribution in [0.2, 0.25) is 0 Å². The van der Waals surface area contributed by atoms with Crippen LogP contribution < -0.4 is 5.48 Å². The third kappa shape index (κ3) is 5.88. The van der Waals surface area contributed by atoms with Crippen molar-refractivity contribution >= 4 is 0 Å². The van der Waals surface area contributed by atoms with E-state index in [4.69, 9.17) is 5.11 Å². The molecule has 0 heterocycles. The molecule has 0 saturated carbocycles. The van der Waals surface area contributed by atoms with Crippen LogP contribution in [0.4, 0.5) is 0 Å². The van der Waals surface area contributed by atoms with E-state index in [1.807, 2.05) is 0 Å². The highest BCUT2D eigenvalue weighted by Gasteiger charge is 1.91. The average molecular weight is 119 g/mol. The van der Waals surface area contributed by atoms with Gasteiger partial charge in [-0.3, -0.25) is 0 Å². The monoisotopic (exact) mass is 119 g/mol. The zero-order valence-corrected chi connectivity index (χ0v) is 5.35. The van der Waals surface area contributed by atoms with Gasteiger partial charge in [-0.15, -0.1) is 0 Å². The van der Waals surface area contributed by atoms with Crippen molar-refractivity contribution in [1.82, 2.24) is 5.48 Å². The van der Waals surface area contributed by atoms with Crippen LogP contribution in [0.3, 0.4) is 0 Å². The van der Waals surface area contributed by atoms with Crippen LogP contribution in [0.15, 0.2) is 0 Å². The quantitative estimate of drug-likeness (QED) is 0.401. The Morgan fingerprint density at radius 2 is 2.38 bits per heavy atom. The van der Waals surface area contributed by atoms with E-state index in [9.17, 15) is 0 Å². The van der Waals surface area contributed by atoms with Crippen LogP contribution in [0.5, 0.6) is 0 Å².